The Hall–Kier alpha value is -2.83. The molecule has 1 aromatic carbocycles. The summed E-state index contributed by atoms with van der Waals surface area (Å²) in [5, 5.41) is 3.24. The highest BCUT2D eigenvalue weighted by atomic mass is 32.2. The lowest BCUT2D eigenvalue weighted by atomic mass is 9.94. The molecule has 1 N–H and O–H groups in total. The summed E-state index contributed by atoms with van der Waals surface area (Å²) in [6.07, 6.45) is 0.961. The first-order chi connectivity index (χ1) is 19.7. The Morgan fingerprint density at radius 2 is 1.93 bits per heavy atom. The van der Waals surface area contributed by atoms with Gasteiger partial charge in [-0.25, -0.2) is 9.97 Å². The molecule has 0 saturated heterocycles. The number of alkyl halides is 3. The molecule has 0 bridgehead atoms. The number of halogens is 3. The van der Waals surface area contributed by atoms with Crippen molar-refractivity contribution in [1.82, 2.24) is 19.8 Å². The highest BCUT2D eigenvalue weighted by Gasteiger charge is 2.40. The number of anilines is 2. The molecule has 41 heavy (non-hydrogen) atoms. The van der Waals surface area contributed by atoms with Crippen molar-refractivity contribution in [2.24, 2.45) is 0 Å². The molecule has 2 aliphatic carbocycles. The Labute approximate surface area is 242 Å². The van der Waals surface area contributed by atoms with E-state index in [1.54, 1.807) is 4.90 Å². The van der Waals surface area contributed by atoms with Gasteiger partial charge in [-0.3, -0.25) is 13.9 Å². The molecule has 2 aliphatic heterocycles. The summed E-state index contributed by atoms with van der Waals surface area (Å²) >= 11 is 0.940. The van der Waals surface area contributed by atoms with Crippen LogP contribution in [0.1, 0.15) is 70.5 Å². The number of nitrogens with one attached hydrogen (secondary N) is 1. The lowest BCUT2D eigenvalue weighted by molar-refractivity contribution is -0.137. The van der Waals surface area contributed by atoms with Crippen molar-refractivity contribution >= 4 is 39.7 Å². The number of hydrogen-bond donors (Lipinski definition) is 1. The molecule has 4 aliphatic rings. The third kappa shape index (κ3) is 5.18. The van der Waals surface area contributed by atoms with Crippen LogP contribution in [0.4, 0.5) is 24.8 Å². The number of carbonyl (C=O) groups excluding carboxylic acids is 1. The van der Waals surface area contributed by atoms with Crippen LogP contribution in [-0.2, 0) is 29.9 Å². The van der Waals surface area contributed by atoms with Gasteiger partial charge in [-0.2, -0.15) is 13.2 Å². The van der Waals surface area contributed by atoms with E-state index in [0.717, 1.165) is 80.5 Å². The van der Waals surface area contributed by atoms with Crippen LogP contribution in [0.3, 0.4) is 0 Å². The van der Waals surface area contributed by atoms with Gasteiger partial charge in [-0.05, 0) is 73.4 Å². The number of amides is 1. The van der Waals surface area contributed by atoms with Gasteiger partial charge in [0.25, 0.3) is 5.91 Å². The van der Waals surface area contributed by atoms with Crippen LogP contribution < -0.4 is 5.32 Å². The predicted octanol–water partition coefficient (Wildman–Crippen LogP) is 5.95. The molecule has 7 rings (SSSR count). The Balaban J connectivity index is 1.27. The van der Waals surface area contributed by atoms with Gasteiger partial charge in [0.1, 0.15) is 10.4 Å². The zero-order chi connectivity index (χ0) is 28.5. The van der Waals surface area contributed by atoms with Gasteiger partial charge in [-0.1, -0.05) is 13.0 Å². The fraction of sp³-hybridized carbons (Fsp3) is 0.483. The summed E-state index contributed by atoms with van der Waals surface area (Å²) in [6.45, 7) is 5.40. The summed E-state index contributed by atoms with van der Waals surface area (Å²) in [5.74, 6) is 0.496. The second-order valence-corrected chi connectivity index (χ2v) is 13.9. The highest BCUT2D eigenvalue weighted by Crippen LogP contribution is 2.46. The van der Waals surface area contributed by atoms with Crippen molar-refractivity contribution in [3.63, 3.8) is 0 Å². The number of nitrogens with zero attached hydrogens (tertiary/aromatic N) is 4. The van der Waals surface area contributed by atoms with E-state index in [9.17, 15) is 22.2 Å². The van der Waals surface area contributed by atoms with Crippen LogP contribution in [0.25, 0.3) is 10.6 Å². The smallest absolute Gasteiger partial charge is 0.334 e. The largest absolute Gasteiger partial charge is 0.420 e. The van der Waals surface area contributed by atoms with Crippen LogP contribution in [0.5, 0.6) is 0 Å². The van der Waals surface area contributed by atoms with E-state index in [1.165, 1.54) is 17.2 Å². The molecular weight excluding hydrogens is 571 g/mol. The SMILES string of the molecule is CCN1CCc2cc(Nc3ncc(C(F)(F)F)c(-c4cc5c(s4)C(=O)N(C4CC4)CCS5=O)n3)c(C3CC3)cc2C1. The maximum atomic E-state index is 14.2. The van der Waals surface area contributed by atoms with Gasteiger partial charge >= 0.3 is 6.18 Å². The van der Waals surface area contributed by atoms with Crippen LogP contribution in [0.15, 0.2) is 29.3 Å². The first kappa shape index (κ1) is 27.0. The first-order valence-corrected chi connectivity index (χ1v) is 16.3. The standard InChI is InChI=1S/C29H30F3N5O2S2/c1-2-36-8-7-17-12-22(20(16-3-4-16)11-18(17)15-36)34-28-33-14-21(29(30,31)32)25(35-28)23-13-24-26(40-23)27(38)37(19-5-6-19)9-10-41(24)39/h11-14,16,19H,2-10,15H2,1H3,(H,33,34,35). The molecule has 0 radical (unpaired) electrons. The van der Waals surface area contributed by atoms with E-state index in [2.05, 4.69) is 39.2 Å². The average Bonchev–Trinajstić information content (AvgIpc) is 3.89. The van der Waals surface area contributed by atoms with Crippen LogP contribution in [-0.4, -0.2) is 61.3 Å². The molecule has 1 amide bonds. The number of aromatic nitrogens is 2. The second-order valence-electron chi connectivity index (χ2n) is 11.3. The molecule has 3 aromatic rings. The van der Waals surface area contributed by atoms with Gasteiger partial charge in [0.2, 0.25) is 5.95 Å². The minimum Gasteiger partial charge on any atom is -0.334 e. The van der Waals surface area contributed by atoms with E-state index in [0.29, 0.717) is 17.4 Å². The Morgan fingerprint density at radius 3 is 2.63 bits per heavy atom. The number of likely N-dealkylation sites (N-methyl/N-ethyl adjacent to an activating group) is 1. The fourth-order valence-electron chi connectivity index (χ4n) is 5.82. The van der Waals surface area contributed by atoms with Gasteiger partial charge < -0.3 is 10.2 Å². The van der Waals surface area contributed by atoms with Crippen molar-refractivity contribution < 1.29 is 22.2 Å². The molecule has 2 fully saturated rings. The zero-order valence-corrected chi connectivity index (χ0v) is 24.2. The average molecular weight is 602 g/mol. The van der Waals surface area contributed by atoms with Crippen molar-refractivity contribution in [3.05, 3.63) is 51.5 Å². The molecule has 0 spiro atoms. The normalized spacial score (nSPS) is 21.4. The zero-order valence-electron chi connectivity index (χ0n) is 22.6. The Kier molecular flexibility index (Phi) is 6.70. The Morgan fingerprint density at radius 1 is 1.12 bits per heavy atom. The number of benzene rings is 1. The lowest BCUT2D eigenvalue weighted by Gasteiger charge is -2.29. The molecule has 1 unspecified atom stereocenters. The van der Waals surface area contributed by atoms with E-state index in [4.69, 9.17) is 0 Å². The van der Waals surface area contributed by atoms with Crippen LogP contribution in [0.2, 0.25) is 0 Å². The van der Waals surface area contributed by atoms with Gasteiger partial charge in [0.15, 0.2) is 0 Å². The van der Waals surface area contributed by atoms with Crippen LogP contribution in [0, 0.1) is 0 Å². The van der Waals surface area contributed by atoms with Gasteiger partial charge in [0, 0.05) is 43.3 Å². The second kappa shape index (κ2) is 10.2. The number of rotatable bonds is 6. The molecular formula is C29H30F3N5O2S2. The van der Waals surface area contributed by atoms with E-state index >= 15 is 0 Å². The molecule has 1 atom stereocenters. The van der Waals surface area contributed by atoms with Crippen LogP contribution >= 0.6 is 11.3 Å². The van der Waals surface area contributed by atoms with Crippen molar-refractivity contribution in [3.8, 4) is 10.6 Å². The minimum absolute atomic E-state index is 0.0662. The third-order valence-electron chi connectivity index (χ3n) is 8.41. The van der Waals surface area contributed by atoms with Gasteiger partial charge in [0.05, 0.1) is 26.3 Å². The predicted molar refractivity (Wildman–Crippen MR) is 152 cm³/mol. The molecule has 216 valence electrons. The van der Waals surface area contributed by atoms with E-state index in [-0.39, 0.29) is 39.1 Å². The van der Waals surface area contributed by atoms with E-state index in [1.807, 2.05) is 0 Å². The molecule has 2 saturated carbocycles. The highest BCUT2D eigenvalue weighted by molar-refractivity contribution is 7.85. The summed E-state index contributed by atoms with van der Waals surface area (Å²) in [4.78, 5) is 26.6. The summed E-state index contributed by atoms with van der Waals surface area (Å²) in [7, 11) is -1.48. The monoisotopic (exact) mass is 601 g/mol. The maximum Gasteiger partial charge on any atom is 0.420 e. The number of thiophene rings is 1. The minimum atomic E-state index is -4.70. The summed E-state index contributed by atoms with van der Waals surface area (Å²) < 4.78 is 55.5. The Bertz CT molecular complexity index is 1560. The van der Waals surface area contributed by atoms with Gasteiger partial charge in [-0.15, -0.1) is 11.3 Å². The van der Waals surface area contributed by atoms with Crippen molar-refractivity contribution in [1.29, 1.82) is 0 Å². The quantitative estimate of drug-likeness (QED) is 0.377. The third-order valence-corrected chi connectivity index (χ3v) is 11.0. The molecule has 7 nitrogen and oxygen atoms in total. The maximum absolute atomic E-state index is 14.2. The lowest BCUT2D eigenvalue weighted by Crippen LogP contribution is -2.33. The molecule has 2 aromatic heterocycles. The summed E-state index contributed by atoms with van der Waals surface area (Å²) in [5.41, 5.74) is 3.23. The number of carbonyl (C=O) groups is 1. The number of fused-ring (bicyclic) bond motifs is 2. The molecule has 4 heterocycles. The van der Waals surface area contributed by atoms with Crippen molar-refractivity contribution in [2.75, 3.05) is 30.7 Å². The fourth-order valence-corrected chi connectivity index (χ4v) is 8.44. The topological polar surface area (TPSA) is 78.4 Å². The number of hydrogen-bond acceptors (Lipinski definition) is 7. The first-order valence-electron chi connectivity index (χ1n) is 14.1. The molecule has 12 heteroatoms. The summed E-state index contributed by atoms with van der Waals surface area (Å²) in [6, 6.07) is 5.93. The van der Waals surface area contributed by atoms with E-state index < -0.39 is 22.5 Å². The van der Waals surface area contributed by atoms with Crippen molar-refractivity contribution in [2.45, 2.75) is 68.6 Å².